The maximum absolute atomic E-state index is 5.40. The molecule has 3 aromatic heterocycles. The van der Waals surface area contributed by atoms with Gasteiger partial charge in [0.2, 0.25) is 0 Å². The Morgan fingerprint density at radius 1 is 0.219 bits per heavy atom. The number of nitrogens with one attached hydrogen (secondary N) is 2. The zero-order valence-corrected chi connectivity index (χ0v) is 34.2. The topological polar surface area (TPSA) is 109 Å². The molecule has 2 aliphatic rings. The highest BCUT2D eigenvalue weighted by Crippen LogP contribution is 2.41. The Bertz CT molecular complexity index is 3820. The third kappa shape index (κ3) is 6.00. The minimum atomic E-state index is 0.531. The van der Waals surface area contributed by atoms with Gasteiger partial charge in [-0.1, -0.05) is 146 Å². The van der Waals surface area contributed by atoms with E-state index in [4.69, 9.17) is 29.9 Å². The van der Waals surface area contributed by atoms with Crippen LogP contribution in [0.15, 0.2) is 194 Å². The average molecular weight is 819 g/mol. The van der Waals surface area contributed by atoms with Gasteiger partial charge in [0.05, 0.1) is 0 Å². The Kier molecular flexibility index (Phi) is 8.04. The van der Waals surface area contributed by atoms with E-state index in [1.807, 2.05) is 24.3 Å². The van der Waals surface area contributed by atoms with E-state index in [9.17, 15) is 0 Å². The first-order valence-corrected chi connectivity index (χ1v) is 21.3. The number of hydrogen-bond donors (Lipinski definition) is 2. The van der Waals surface area contributed by atoms with Crippen LogP contribution in [0.3, 0.4) is 0 Å². The molecule has 0 unspecified atom stereocenters. The molecule has 0 saturated carbocycles. The summed E-state index contributed by atoms with van der Waals surface area (Å²) in [6.45, 7) is 0. The number of aromatic amines is 2. The van der Waals surface area contributed by atoms with Crippen molar-refractivity contribution in [1.82, 2.24) is 39.9 Å². The highest BCUT2D eigenvalue weighted by Gasteiger charge is 2.25. The molecule has 0 aliphatic carbocycles. The second-order valence-corrected chi connectivity index (χ2v) is 16.1. The maximum atomic E-state index is 5.40. The second-order valence-electron chi connectivity index (χ2n) is 16.1. The summed E-state index contributed by atoms with van der Waals surface area (Å²) in [5.74, 6) is 2.16. The molecule has 298 valence electrons. The van der Waals surface area contributed by atoms with Crippen LogP contribution in [0.4, 0.5) is 0 Å². The predicted molar refractivity (Wildman–Crippen MR) is 258 cm³/mol. The lowest BCUT2D eigenvalue weighted by molar-refractivity contribution is 1.17. The van der Waals surface area contributed by atoms with Crippen LogP contribution in [0.5, 0.6) is 0 Å². The lowest BCUT2D eigenvalue weighted by atomic mass is 9.99. The summed E-state index contributed by atoms with van der Waals surface area (Å²) in [5, 5.41) is 3.70. The molecular weight excluding hydrogens is 785 g/mol. The summed E-state index contributed by atoms with van der Waals surface area (Å²) in [7, 11) is 0. The van der Waals surface area contributed by atoms with Gasteiger partial charge in [-0.25, -0.2) is 29.9 Å². The van der Waals surface area contributed by atoms with Gasteiger partial charge in [0.25, 0.3) is 0 Å². The molecule has 0 spiro atoms. The molecule has 0 radical (unpaired) electrons. The third-order valence-corrected chi connectivity index (χ3v) is 12.3. The molecule has 64 heavy (non-hydrogen) atoms. The Balaban J connectivity index is 1.15. The normalized spacial score (nSPS) is 11.8. The number of nitrogens with zero attached hydrogens (tertiary/aromatic N) is 6. The van der Waals surface area contributed by atoms with Gasteiger partial charge in [-0.15, -0.1) is 0 Å². The SMILES string of the molecule is c1ccc(-c2ccc3c(c2)-c2nc4nc(nc5[nH]c(nc6[nH]c(nc-3n2)c2cc(-c3ccccc3)ccc62)c2cc(-c3ccccc3)ccc52)-c2cc(-c3ccccc3)ccc2-4)cc1. The van der Waals surface area contributed by atoms with Crippen molar-refractivity contribution < 1.29 is 0 Å². The molecule has 2 aliphatic heterocycles. The Hall–Kier alpha value is -8.88. The summed E-state index contributed by atoms with van der Waals surface area (Å²) in [4.78, 5) is 39.1. The Morgan fingerprint density at radius 2 is 0.531 bits per heavy atom. The number of rotatable bonds is 4. The van der Waals surface area contributed by atoms with Crippen LogP contribution in [0, 0.1) is 0 Å². The number of hydrogen-bond acceptors (Lipinski definition) is 6. The number of aromatic nitrogens is 8. The highest BCUT2D eigenvalue weighted by molar-refractivity contribution is 6.09. The van der Waals surface area contributed by atoms with E-state index in [1.54, 1.807) is 0 Å². The number of fused-ring (bicyclic) bond motifs is 20. The molecule has 8 aromatic carbocycles. The summed E-state index contributed by atoms with van der Waals surface area (Å²) in [5.41, 5.74) is 14.8. The van der Waals surface area contributed by atoms with Gasteiger partial charge in [0, 0.05) is 43.8 Å². The van der Waals surface area contributed by atoms with Crippen molar-refractivity contribution >= 4 is 44.1 Å². The quantitative estimate of drug-likeness (QED) is 0.183. The lowest BCUT2D eigenvalue weighted by Crippen LogP contribution is -1.87. The molecule has 0 atom stereocenters. The van der Waals surface area contributed by atoms with Crippen LogP contribution in [-0.2, 0) is 0 Å². The first-order chi connectivity index (χ1) is 31.7. The molecule has 0 saturated heterocycles. The van der Waals surface area contributed by atoms with Crippen molar-refractivity contribution in [3.05, 3.63) is 194 Å². The zero-order valence-electron chi connectivity index (χ0n) is 34.2. The first-order valence-electron chi connectivity index (χ1n) is 21.3. The summed E-state index contributed by atoms with van der Waals surface area (Å²) in [6.07, 6.45) is 0. The first kappa shape index (κ1) is 35.8. The van der Waals surface area contributed by atoms with Crippen molar-refractivity contribution in [2.24, 2.45) is 0 Å². The third-order valence-electron chi connectivity index (χ3n) is 12.3. The second kappa shape index (κ2) is 14.4. The van der Waals surface area contributed by atoms with E-state index in [2.05, 4.69) is 180 Å². The molecule has 11 aromatic rings. The molecule has 8 heteroatoms. The molecule has 13 rings (SSSR count). The largest absolute Gasteiger partial charge is 0.324 e. The Labute approximate surface area is 366 Å². The van der Waals surface area contributed by atoms with Crippen LogP contribution in [0.1, 0.15) is 0 Å². The Morgan fingerprint density at radius 3 is 0.969 bits per heavy atom. The van der Waals surface area contributed by atoms with Gasteiger partial charge in [0.1, 0.15) is 22.6 Å². The van der Waals surface area contributed by atoms with Crippen molar-refractivity contribution in [2.75, 3.05) is 0 Å². The van der Waals surface area contributed by atoms with Crippen LogP contribution in [0.2, 0.25) is 0 Å². The van der Waals surface area contributed by atoms with Gasteiger partial charge in [-0.2, -0.15) is 0 Å². The van der Waals surface area contributed by atoms with Crippen LogP contribution in [0.25, 0.3) is 134 Å². The van der Waals surface area contributed by atoms with Gasteiger partial charge in [0.15, 0.2) is 23.3 Å². The van der Waals surface area contributed by atoms with Crippen molar-refractivity contribution in [3.63, 3.8) is 0 Å². The molecule has 0 fully saturated rings. The fourth-order valence-corrected chi connectivity index (χ4v) is 9.04. The van der Waals surface area contributed by atoms with Gasteiger partial charge in [-0.3, -0.25) is 0 Å². The monoisotopic (exact) mass is 818 g/mol. The molecule has 2 N–H and O–H groups in total. The predicted octanol–water partition coefficient (Wildman–Crippen LogP) is 13.5. The van der Waals surface area contributed by atoms with E-state index in [1.165, 1.54) is 0 Å². The maximum Gasteiger partial charge on any atom is 0.164 e. The van der Waals surface area contributed by atoms with E-state index < -0.39 is 0 Å². The summed E-state index contributed by atoms with van der Waals surface area (Å²) in [6, 6.07) is 67.2. The number of benzene rings is 8. The average Bonchev–Trinajstić information content (AvgIpc) is 4.10. The lowest BCUT2D eigenvalue weighted by Gasteiger charge is -2.06. The minimum Gasteiger partial charge on any atom is -0.324 e. The van der Waals surface area contributed by atoms with Crippen molar-refractivity contribution in [1.29, 1.82) is 0 Å². The molecule has 8 bridgehead atoms. The molecule has 5 heterocycles. The zero-order chi connectivity index (χ0) is 42.1. The standard InChI is InChI=1S/C56H34N8/c1-5-13-33(14-6-1)37-21-25-41-45(29-37)53-57-49(41)62-54-47-31-39(35-17-9-3-10-18-35)23-27-43(47)51(59-54)64-56-48-32-40(36-19-11-4-12-20-36)24-28-44(48)52(60-56)63-55-46-30-38(34-15-7-2-8-16-34)22-26-42(46)50(58-55)61-53/h1-32H,(H2,57,58,59,60,61,62,63,64). The van der Waals surface area contributed by atoms with Gasteiger partial charge < -0.3 is 9.97 Å². The number of H-pyrrole nitrogens is 2. The van der Waals surface area contributed by atoms with Gasteiger partial charge >= 0.3 is 0 Å². The van der Waals surface area contributed by atoms with Crippen molar-refractivity contribution in [3.8, 4) is 90.1 Å². The van der Waals surface area contributed by atoms with Crippen LogP contribution < -0.4 is 0 Å². The smallest absolute Gasteiger partial charge is 0.164 e. The molecule has 0 amide bonds. The fourth-order valence-electron chi connectivity index (χ4n) is 9.04. The van der Waals surface area contributed by atoms with Gasteiger partial charge in [-0.05, 0) is 93.0 Å². The van der Waals surface area contributed by atoms with Crippen LogP contribution >= 0.6 is 0 Å². The van der Waals surface area contributed by atoms with Crippen molar-refractivity contribution in [2.45, 2.75) is 0 Å². The minimum absolute atomic E-state index is 0.531. The molecular formula is C56H34N8. The molecule has 8 nitrogen and oxygen atoms in total. The van der Waals surface area contributed by atoms with E-state index >= 15 is 0 Å². The summed E-state index contributed by atoms with van der Waals surface area (Å²) < 4.78 is 0. The van der Waals surface area contributed by atoms with Crippen LogP contribution in [-0.4, -0.2) is 39.9 Å². The highest BCUT2D eigenvalue weighted by atomic mass is 15.1. The van der Waals surface area contributed by atoms with E-state index in [-0.39, 0.29) is 0 Å². The fraction of sp³-hybridized carbons (Fsp3) is 0. The summed E-state index contributed by atoms with van der Waals surface area (Å²) >= 11 is 0. The van der Waals surface area contributed by atoms with E-state index in [0.29, 0.717) is 45.9 Å². The van der Waals surface area contributed by atoms with E-state index in [0.717, 1.165) is 88.3 Å².